The summed E-state index contributed by atoms with van der Waals surface area (Å²) in [6.07, 6.45) is 0. The number of nitrogens with one attached hydrogen (secondary N) is 1. The van der Waals surface area contributed by atoms with E-state index in [9.17, 15) is 0 Å². The molecule has 0 saturated heterocycles. The molecular weight excluding hydrogens is 377 g/mol. The van der Waals surface area contributed by atoms with Gasteiger partial charge < -0.3 is 14.8 Å². The highest BCUT2D eigenvalue weighted by molar-refractivity contribution is 14.1. The van der Waals surface area contributed by atoms with Gasteiger partial charge >= 0.3 is 0 Å². The maximum atomic E-state index is 6.03. The van der Waals surface area contributed by atoms with Crippen LogP contribution in [0.5, 0.6) is 11.5 Å². The second kappa shape index (κ2) is 8.36. The molecule has 0 atom stereocenters. The van der Waals surface area contributed by atoms with Crippen LogP contribution in [0, 0.1) is 10.5 Å². The minimum Gasteiger partial charge on any atom is -0.457 e. The second-order valence-electron chi connectivity index (χ2n) is 4.84. The molecule has 2 rings (SSSR count). The second-order valence-corrected chi connectivity index (χ2v) is 6.09. The Morgan fingerprint density at radius 3 is 2.76 bits per heavy atom. The summed E-state index contributed by atoms with van der Waals surface area (Å²) in [5, 5.41) is 3.36. The highest BCUT2D eigenvalue weighted by atomic mass is 127. The molecule has 2 aromatic carbocycles. The predicted octanol–water partition coefficient (Wildman–Crippen LogP) is 4.13. The summed E-state index contributed by atoms with van der Waals surface area (Å²) in [7, 11) is 1.71. The van der Waals surface area contributed by atoms with E-state index >= 15 is 0 Å². The van der Waals surface area contributed by atoms with Crippen LogP contribution in [0.4, 0.5) is 0 Å². The molecule has 3 nitrogen and oxygen atoms in total. The molecule has 0 fully saturated rings. The van der Waals surface area contributed by atoms with Crippen molar-refractivity contribution in [1.29, 1.82) is 0 Å². The van der Waals surface area contributed by atoms with Gasteiger partial charge in [0.1, 0.15) is 11.5 Å². The van der Waals surface area contributed by atoms with Gasteiger partial charge in [0.25, 0.3) is 0 Å². The number of rotatable bonds is 7. The van der Waals surface area contributed by atoms with Crippen LogP contribution in [0.15, 0.2) is 42.5 Å². The zero-order valence-electron chi connectivity index (χ0n) is 12.4. The minimum atomic E-state index is 0.707. The van der Waals surface area contributed by atoms with Gasteiger partial charge in [-0.1, -0.05) is 23.8 Å². The van der Waals surface area contributed by atoms with Crippen molar-refractivity contribution >= 4 is 22.6 Å². The van der Waals surface area contributed by atoms with Crippen LogP contribution in [0.1, 0.15) is 11.1 Å². The highest BCUT2D eigenvalue weighted by Gasteiger charge is 2.06. The van der Waals surface area contributed by atoms with Crippen LogP contribution in [0.2, 0.25) is 0 Å². The van der Waals surface area contributed by atoms with E-state index in [4.69, 9.17) is 9.47 Å². The lowest BCUT2D eigenvalue weighted by molar-refractivity contribution is 0.199. The fraction of sp³-hybridized carbons (Fsp3) is 0.294. The lowest BCUT2D eigenvalue weighted by Gasteiger charge is -2.13. The number of hydrogen-bond acceptors (Lipinski definition) is 3. The molecule has 0 aliphatic heterocycles. The van der Waals surface area contributed by atoms with E-state index in [0.29, 0.717) is 6.61 Å². The SMILES string of the molecule is COCCNCc1cc(C)ccc1Oc1cccc(I)c1. The van der Waals surface area contributed by atoms with Crippen LogP contribution < -0.4 is 10.1 Å². The summed E-state index contributed by atoms with van der Waals surface area (Å²) in [4.78, 5) is 0. The van der Waals surface area contributed by atoms with Crippen LogP contribution in [-0.2, 0) is 11.3 Å². The quantitative estimate of drug-likeness (QED) is 0.563. The van der Waals surface area contributed by atoms with Gasteiger partial charge in [0.15, 0.2) is 0 Å². The van der Waals surface area contributed by atoms with Crippen LogP contribution in [0.25, 0.3) is 0 Å². The largest absolute Gasteiger partial charge is 0.457 e. The van der Waals surface area contributed by atoms with Gasteiger partial charge in [-0.3, -0.25) is 0 Å². The van der Waals surface area contributed by atoms with Crippen LogP contribution in [-0.4, -0.2) is 20.3 Å². The number of aryl methyl sites for hydroxylation is 1. The summed E-state index contributed by atoms with van der Waals surface area (Å²) in [5.41, 5.74) is 2.39. The third-order valence-electron chi connectivity index (χ3n) is 3.04. The Morgan fingerprint density at radius 1 is 1.14 bits per heavy atom. The zero-order valence-corrected chi connectivity index (χ0v) is 14.5. The number of methoxy groups -OCH3 is 1. The molecule has 0 bridgehead atoms. The molecular formula is C17H20INO2. The van der Waals surface area contributed by atoms with Crippen molar-refractivity contribution in [1.82, 2.24) is 5.32 Å². The fourth-order valence-electron chi connectivity index (χ4n) is 2.00. The molecule has 0 aliphatic rings. The molecule has 0 saturated carbocycles. The van der Waals surface area contributed by atoms with Crippen LogP contribution in [0.3, 0.4) is 0 Å². The first-order valence-electron chi connectivity index (χ1n) is 6.91. The number of halogens is 1. The Balaban J connectivity index is 2.10. The maximum Gasteiger partial charge on any atom is 0.131 e. The molecule has 0 aliphatic carbocycles. The van der Waals surface area contributed by atoms with Crippen molar-refractivity contribution in [2.45, 2.75) is 13.5 Å². The van der Waals surface area contributed by atoms with E-state index in [0.717, 1.165) is 33.7 Å². The molecule has 0 spiro atoms. The Labute approximate surface area is 139 Å². The highest BCUT2D eigenvalue weighted by Crippen LogP contribution is 2.27. The third kappa shape index (κ3) is 5.30. The van der Waals surface area contributed by atoms with E-state index in [-0.39, 0.29) is 0 Å². The Morgan fingerprint density at radius 2 is 2.00 bits per heavy atom. The van der Waals surface area contributed by atoms with E-state index in [2.05, 4.69) is 53.0 Å². The maximum absolute atomic E-state index is 6.03. The van der Waals surface area contributed by atoms with Gasteiger partial charge in [-0.2, -0.15) is 0 Å². The van der Waals surface area contributed by atoms with Gasteiger partial charge in [-0.25, -0.2) is 0 Å². The van der Waals surface area contributed by atoms with Gasteiger partial charge in [-0.05, 0) is 53.8 Å². The van der Waals surface area contributed by atoms with Gasteiger partial charge in [0.2, 0.25) is 0 Å². The first-order chi connectivity index (χ1) is 10.2. The van der Waals surface area contributed by atoms with Crippen molar-refractivity contribution < 1.29 is 9.47 Å². The van der Waals surface area contributed by atoms with Crippen LogP contribution >= 0.6 is 22.6 Å². The van der Waals surface area contributed by atoms with E-state index < -0.39 is 0 Å². The molecule has 21 heavy (non-hydrogen) atoms. The lowest BCUT2D eigenvalue weighted by atomic mass is 10.1. The number of ether oxygens (including phenoxy) is 2. The first-order valence-corrected chi connectivity index (χ1v) is 7.99. The third-order valence-corrected chi connectivity index (χ3v) is 3.71. The standard InChI is InChI=1S/C17H20INO2/c1-13-6-7-17(14(10-13)12-19-8-9-20-2)21-16-5-3-4-15(18)11-16/h3-7,10-11,19H,8-9,12H2,1-2H3. The predicted molar refractivity (Wildman–Crippen MR) is 94.0 cm³/mol. The lowest BCUT2D eigenvalue weighted by Crippen LogP contribution is -2.18. The summed E-state index contributed by atoms with van der Waals surface area (Å²) < 4.78 is 12.2. The molecule has 0 aromatic heterocycles. The topological polar surface area (TPSA) is 30.5 Å². The molecule has 0 radical (unpaired) electrons. The molecule has 0 amide bonds. The first kappa shape index (κ1) is 16.3. The fourth-order valence-corrected chi connectivity index (χ4v) is 2.52. The molecule has 1 N–H and O–H groups in total. The van der Waals surface area contributed by atoms with Crippen molar-refractivity contribution in [3.05, 3.63) is 57.2 Å². The monoisotopic (exact) mass is 397 g/mol. The molecule has 4 heteroatoms. The average Bonchev–Trinajstić information content (AvgIpc) is 2.46. The van der Waals surface area contributed by atoms with E-state index in [1.165, 1.54) is 5.56 Å². The minimum absolute atomic E-state index is 0.707. The van der Waals surface area contributed by atoms with Crippen molar-refractivity contribution in [3.63, 3.8) is 0 Å². The smallest absolute Gasteiger partial charge is 0.131 e. The van der Waals surface area contributed by atoms with Gasteiger partial charge in [0, 0.05) is 29.3 Å². The van der Waals surface area contributed by atoms with Crippen molar-refractivity contribution in [2.24, 2.45) is 0 Å². The van der Waals surface area contributed by atoms with E-state index in [1.807, 2.05) is 24.3 Å². The van der Waals surface area contributed by atoms with Crippen molar-refractivity contribution in [2.75, 3.05) is 20.3 Å². The van der Waals surface area contributed by atoms with Gasteiger partial charge in [0.05, 0.1) is 6.61 Å². The molecule has 0 unspecified atom stereocenters. The number of benzene rings is 2. The Bertz CT molecular complexity index is 587. The Kier molecular flexibility index (Phi) is 6.48. The summed E-state index contributed by atoms with van der Waals surface area (Å²) in [5.74, 6) is 1.76. The van der Waals surface area contributed by atoms with Gasteiger partial charge in [-0.15, -0.1) is 0 Å². The Hall–Kier alpha value is -1.11. The van der Waals surface area contributed by atoms with E-state index in [1.54, 1.807) is 7.11 Å². The summed E-state index contributed by atoms with van der Waals surface area (Å²) >= 11 is 2.29. The zero-order chi connectivity index (χ0) is 15.1. The normalized spacial score (nSPS) is 10.6. The average molecular weight is 397 g/mol. The molecule has 2 aromatic rings. The summed E-state index contributed by atoms with van der Waals surface area (Å²) in [6.45, 7) is 4.39. The molecule has 112 valence electrons. The number of hydrogen-bond donors (Lipinski definition) is 1. The van der Waals surface area contributed by atoms with Crippen molar-refractivity contribution in [3.8, 4) is 11.5 Å². The molecule has 0 heterocycles. The summed E-state index contributed by atoms with van der Waals surface area (Å²) in [6, 6.07) is 14.3.